The van der Waals surface area contributed by atoms with E-state index >= 15 is 0 Å². The van der Waals surface area contributed by atoms with Crippen LogP contribution in [0.5, 0.6) is 0 Å². The summed E-state index contributed by atoms with van der Waals surface area (Å²) >= 11 is 12.4. The first-order chi connectivity index (χ1) is 13.9. The number of anilines is 1. The van der Waals surface area contributed by atoms with Crippen LogP contribution in [0.1, 0.15) is 26.5 Å². The molecule has 29 heavy (non-hydrogen) atoms. The van der Waals surface area contributed by atoms with Gasteiger partial charge in [0.15, 0.2) is 0 Å². The molecule has 0 aliphatic heterocycles. The number of nitrogens with two attached hydrogens (primary N) is 1. The maximum Gasteiger partial charge on any atom is 0.261 e. The Morgan fingerprint density at radius 3 is 2.59 bits per heavy atom. The van der Waals surface area contributed by atoms with Crippen LogP contribution in [0.15, 0.2) is 47.0 Å². The number of halogens is 2. The fourth-order valence-corrected chi connectivity index (χ4v) is 3.10. The van der Waals surface area contributed by atoms with Gasteiger partial charge in [-0.3, -0.25) is 9.59 Å². The summed E-state index contributed by atoms with van der Waals surface area (Å²) in [6, 6.07) is 11.6. The van der Waals surface area contributed by atoms with Crippen LogP contribution >= 0.6 is 23.2 Å². The summed E-state index contributed by atoms with van der Waals surface area (Å²) in [5.41, 5.74) is 7.13. The second kappa shape index (κ2) is 9.09. The van der Waals surface area contributed by atoms with Gasteiger partial charge in [0.2, 0.25) is 0 Å². The lowest BCUT2D eigenvalue weighted by atomic mass is 10.1. The number of carbonyl (C=O) groups is 2. The van der Waals surface area contributed by atoms with Gasteiger partial charge in [-0.25, -0.2) is 0 Å². The third kappa shape index (κ3) is 4.59. The van der Waals surface area contributed by atoms with Crippen LogP contribution in [0.2, 0.25) is 10.0 Å². The van der Waals surface area contributed by atoms with E-state index in [1.54, 1.807) is 37.3 Å². The molecule has 0 aliphatic carbocycles. The van der Waals surface area contributed by atoms with E-state index in [9.17, 15) is 9.59 Å². The number of carbonyl (C=O) groups excluding carboxylic acids is 2. The molecule has 0 fully saturated rings. The summed E-state index contributed by atoms with van der Waals surface area (Å²) in [5.74, 6) is -0.481. The highest BCUT2D eigenvalue weighted by molar-refractivity contribution is 6.34. The number of benzene rings is 2. The first-order valence-electron chi connectivity index (χ1n) is 8.72. The molecular weight excluding hydrogens is 415 g/mol. The molecule has 0 atom stereocenters. The maximum absolute atomic E-state index is 13.0. The fourth-order valence-electron chi connectivity index (χ4n) is 2.71. The van der Waals surface area contributed by atoms with Crippen molar-refractivity contribution in [2.24, 2.45) is 5.73 Å². The summed E-state index contributed by atoms with van der Waals surface area (Å²) in [4.78, 5) is 25.1. The summed E-state index contributed by atoms with van der Waals surface area (Å²) in [6.07, 6.45) is 0. The van der Waals surface area contributed by atoms with Crippen molar-refractivity contribution in [2.45, 2.75) is 6.92 Å². The molecule has 1 aromatic heterocycles. The van der Waals surface area contributed by atoms with E-state index in [1.807, 2.05) is 0 Å². The number of nitrogens with one attached hydrogen (secondary N) is 2. The van der Waals surface area contributed by atoms with Crippen LogP contribution < -0.4 is 16.4 Å². The molecule has 3 rings (SSSR count). The van der Waals surface area contributed by atoms with Crippen LogP contribution in [-0.4, -0.2) is 30.1 Å². The quantitative estimate of drug-likeness (QED) is 0.546. The monoisotopic (exact) mass is 432 g/mol. The average Bonchev–Trinajstić information content (AvgIpc) is 3.09. The topological polar surface area (TPSA) is 110 Å². The molecule has 0 saturated heterocycles. The lowest BCUT2D eigenvalue weighted by Gasteiger charge is -2.10. The summed E-state index contributed by atoms with van der Waals surface area (Å²) in [5, 5.41) is 10.1. The lowest BCUT2D eigenvalue weighted by Crippen LogP contribution is -2.29. The standard InChI is InChI=1S/C20H18Cl2N4O3/c1-11-17(18(26-29-11)13-4-2-3-5-14(13)21)20(28)25-16-10-12(6-7-15(16)22)19(27)24-9-8-23/h2-7,10H,8-9,23H2,1H3,(H,24,27)(H,25,28). The van der Waals surface area contributed by atoms with Crippen molar-refractivity contribution < 1.29 is 14.1 Å². The molecule has 3 aromatic rings. The summed E-state index contributed by atoms with van der Waals surface area (Å²) in [6.45, 7) is 2.28. The Morgan fingerprint density at radius 2 is 1.86 bits per heavy atom. The number of aryl methyl sites for hydroxylation is 1. The Kier molecular flexibility index (Phi) is 6.53. The van der Waals surface area contributed by atoms with Crippen molar-refractivity contribution in [2.75, 3.05) is 18.4 Å². The molecule has 150 valence electrons. The van der Waals surface area contributed by atoms with Gasteiger partial charge < -0.3 is 20.9 Å². The van der Waals surface area contributed by atoms with Crippen molar-refractivity contribution in [3.63, 3.8) is 0 Å². The molecule has 0 saturated carbocycles. The third-order valence-corrected chi connectivity index (χ3v) is 4.78. The number of aromatic nitrogens is 1. The van der Waals surface area contributed by atoms with Crippen molar-refractivity contribution in [1.29, 1.82) is 0 Å². The van der Waals surface area contributed by atoms with Crippen LogP contribution in [0.3, 0.4) is 0 Å². The molecule has 9 heteroatoms. The normalized spacial score (nSPS) is 10.6. The van der Waals surface area contributed by atoms with E-state index in [4.69, 9.17) is 33.5 Å². The summed E-state index contributed by atoms with van der Waals surface area (Å²) in [7, 11) is 0. The zero-order valence-electron chi connectivity index (χ0n) is 15.5. The Balaban J connectivity index is 1.91. The number of amides is 2. The van der Waals surface area contributed by atoms with Gasteiger partial charge in [-0.05, 0) is 31.2 Å². The minimum absolute atomic E-state index is 0.229. The van der Waals surface area contributed by atoms with Crippen molar-refractivity contribution >= 4 is 40.7 Å². The van der Waals surface area contributed by atoms with E-state index in [2.05, 4.69) is 15.8 Å². The number of hydrogen-bond donors (Lipinski definition) is 3. The van der Waals surface area contributed by atoms with Crippen LogP contribution in [0.25, 0.3) is 11.3 Å². The zero-order valence-corrected chi connectivity index (χ0v) is 17.0. The molecule has 0 radical (unpaired) electrons. The highest BCUT2D eigenvalue weighted by Gasteiger charge is 2.24. The van der Waals surface area contributed by atoms with E-state index in [0.29, 0.717) is 40.7 Å². The second-order valence-corrected chi connectivity index (χ2v) is 6.95. The van der Waals surface area contributed by atoms with Gasteiger partial charge in [0, 0.05) is 24.2 Å². The Hall–Kier alpha value is -2.87. The summed E-state index contributed by atoms with van der Waals surface area (Å²) < 4.78 is 5.22. The molecule has 2 aromatic carbocycles. The van der Waals surface area contributed by atoms with Gasteiger partial charge in [-0.2, -0.15) is 0 Å². The molecule has 0 bridgehead atoms. The van der Waals surface area contributed by atoms with E-state index in [0.717, 1.165) is 0 Å². The molecule has 2 amide bonds. The van der Waals surface area contributed by atoms with Crippen molar-refractivity contribution in [1.82, 2.24) is 10.5 Å². The molecular formula is C20H18Cl2N4O3. The average molecular weight is 433 g/mol. The van der Waals surface area contributed by atoms with Gasteiger partial charge >= 0.3 is 0 Å². The van der Waals surface area contributed by atoms with Crippen molar-refractivity contribution in [3.05, 3.63) is 69.4 Å². The largest absolute Gasteiger partial charge is 0.360 e. The number of rotatable bonds is 6. The minimum atomic E-state index is -0.486. The highest BCUT2D eigenvalue weighted by Crippen LogP contribution is 2.32. The smallest absolute Gasteiger partial charge is 0.261 e. The van der Waals surface area contributed by atoms with Crippen molar-refractivity contribution in [3.8, 4) is 11.3 Å². The number of nitrogens with zero attached hydrogens (tertiary/aromatic N) is 1. The number of hydrogen-bond acceptors (Lipinski definition) is 5. The van der Waals surface area contributed by atoms with Gasteiger partial charge in [0.05, 0.1) is 15.7 Å². The van der Waals surface area contributed by atoms with E-state index in [1.165, 1.54) is 12.1 Å². The lowest BCUT2D eigenvalue weighted by molar-refractivity contribution is 0.0953. The maximum atomic E-state index is 13.0. The van der Waals surface area contributed by atoms with Gasteiger partial charge in [0.25, 0.3) is 11.8 Å². The third-order valence-electron chi connectivity index (χ3n) is 4.13. The Bertz CT molecular complexity index is 1070. The Labute approximate surface area is 177 Å². The van der Waals surface area contributed by atoms with Crippen LogP contribution in [-0.2, 0) is 0 Å². The minimum Gasteiger partial charge on any atom is -0.360 e. The molecule has 1 heterocycles. The van der Waals surface area contributed by atoms with E-state index < -0.39 is 5.91 Å². The highest BCUT2D eigenvalue weighted by atomic mass is 35.5. The van der Waals surface area contributed by atoms with Gasteiger partial charge in [-0.1, -0.05) is 46.6 Å². The zero-order chi connectivity index (χ0) is 21.0. The SMILES string of the molecule is Cc1onc(-c2ccccc2Cl)c1C(=O)Nc1cc(C(=O)NCCN)ccc1Cl. The molecule has 0 aliphatic rings. The Morgan fingerprint density at radius 1 is 1.10 bits per heavy atom. The van der Waals surface area contributed by atoms with Crippen LogP contribution in [0.4, 0.5) is 5.69 Å². The van der Waals surface area contributed by atoms with E-state index in [-0.39, 0.29) is 22.2 Å². The van der Waals surface area contributed by atoms with Gasteiger partial charge in [-0.15, -0.1) is 0 Å². The molecule has 4 N–H and O–H groups in total. The first-order valence-corrected chi connectivity index (χ1v) is 9.48. The molecule has 0 spiro atoms. The first kappa shape index (κ1) is 20.9. The van der Waals surface area contributed by atoms with Gasteiger partial charge in [0.1, 0.15) is 17.0 Å². The molecule has 0 unspecified atom stereocenters. The van der Waals surface area contributed by atoms with Crippen LogP contribution in [0, 0.1) is 6.92 Å². The second-order valence-electron chi connectivity index (χ2n) is 6.14. The predicted molar refractivity (Wildman–Crippen MR) is 112 cm³/mol. The predicted octanol–water partition coefficient (Wildman–Crippen LogP) is 3.90. The molecule has 7 nitrogen and oxygen atoms in total. The fraction of sp³-hybridized carbons (Fsp3) is 0.150.